The van der Waals surface area contributed by atoms with Gasteiger partial charge < -0.3 is 15.0 Å². The Morgan fingerprint density at radius 3 is 2.86 bits per heavy atom. The van der Waals surface area contributed by atoms with Crippen molar-refractivity contribution in [3.8, 4) is 5.75 Å². The van der Waals surface area contributed by atoms with Gasteiger partial charge in [0.1, 0.15) is 11.6 Å². The molecule has 2 aromatic carbocycles. The van der Waals surface area contributed by atoms with Crippen molar-refractivity contribution in [1.82, 2.24) is 14.9 Å². The van der Waals surface area contributed by atoms with Gasteiger partial charge >= 0.3 is 0 Å². The Morgan fingerprint density at radius 2 is 2.07 bits per heavy atom. The number of aromatic nitrogens is 2. The molecule has 1 aliphatic heterocycles. The van der Waals surface area contributed by atoms with Crippen LogP contribution in [0.3, 0.4) is 0 Å². The van der Waals surface area contributed by atoms with Crippen LogP contribution in [-0.2, 0) is 4.79 Å². The molecule has 4 rings (SSSR count). The molecule has 3 aromatic rings. The Labute approximate surface area is 164 Å². The topological polar surface area (TPSA) is 70.2 Å². The smallest absolute Gasteiger partial charge is 0.238 e. The van der Waals surface area contributed by atoms with Crippen molar-refractivity contribution in [2.45, 2.75) is 25.7 Å². The molecule has 0 unspecified atom stereocenters. The van der Waals surface area contributed by atoms with Crippen molar-refractivity contribution in [1.29, 1.82) is 0 Å². The normalized spacial score (nSPS) is 17.5. The minimum Gasteiger partial charge on any atom is -0.494 e. The molecule has 6 heteroatoms. The number of piperidine rings is 1. The zero-order valence-electron chi connectivity index (χ0n) is 16.1. The third-order valence-corrected chi connectivity index (χ3v) is 5.12. The molecule has 0 spiro atoms. The number of likely N-dealkylation sites (tertiary alicyclic amines) is 1. The number of fused-ring (bicyclic) bond motifs is 1. The zero-order chi connectivity index (χ0) is 19.3. The average Bonchev–Trinajstić information content (AvgIpc) is 3.14. The Kier molecular flexibility index (Phi) is 5.58. The highest BCUT2D eigenvalue weighted by Gasteiger charge is 2.25. The van der Waals surface area contributed by atoms with Gasteiger partial charge in [-0.05, 0) is 62.7 Å². The summed E-state index contributed by atoms with van der Waals surface area (Å²) in [5.74, 6) is 2.18. The van der Waals surface area contributed by atoms with Crippen molar-refractivity contribution in [3.05, 3.63) is 54.4 Å². The van der Waals surface area contributed by atoms with Gasteiger partial charge in [-0.15, -0.1) is 0 Å². The minimum atomic E-state index is 0.00872. The predicted molar refractivity (Wildman–Crippen MR) is 111 cm³/mol. The molecule has 1 saturated heterocycles. The number of hydrogen-bond acceptors (Lipinski definition) is 4. The first kappa shape index (κ1) is 18.5. The summed E-state index contributed by atoms with van der Waals surface area (Å²) >= 11 is 0. The van der Waals surface area contributed by atoms with Gasteiger partial charge in [-0.25, -0.2) is 4.98 Å². The summed E-state index contributed by atoms with van der Waals surface area (Å²) in [4.78, 5) is 22.9. The van der Waals surface area contributed by atoms with E-state index in [1.165, 1.54) is 0 Å². The van der Waals surface area contributed by atoms with Gasteiger partial charge in [-0.1, -0.05) is 12.1 Å². The molecule has 6 nitrogen and oxygen atoms in total. The highest BCUT2D eigenvalue weighted by molar-refractivity contribution is 5.92. The Hall–Kier alpha value is -2.86. The number of rotatable bonds is 6. The second-order valence-corrected chi connectivity index (χ2v) is 7.22. The van der Waals surface area contributed by atoms with Gasteiger partial charge in [-0.2, -0.15) is 0 Å². The van der Waals surface area contributed by atoms with Crippen LogP contribution in [0.25, 0.3) is 11.0 Å². The lowest BCUT2D eigenvalue weighted by atomic mass is 9.97. The molecule has 1 aromatic heterocycles. The van der Waals surface area contributed by atoms with Gasteiger partial charge in [0.15, 0.2) is 0 Å². The second kappa shape index (κ2) is 8.44. The third kappa shape index (κ3) is 4.34. The van der Waals surface area contributed by atoms with Crippen LogP contribution in [0.2, 0.25) is 0 Å². The number of anilines is 1. The summed E-state index contributed by atoms with van der Waals surface area (Å²) in [6.07, 6.45) is 2.16. The summed E-state index contributed by atoms with van der Waals surface area (Å²) in [5.41, 5.74) is 2.87. The summed E-state index contributed by atoms with van der Waals surface area (Å²) in [6.45, 7) is 4.76. The molecule has 1 atom stereocenters. The number of H-pyrrole nitrogens is 1. The van der Waals surface area contributed by atoms with E-state index in [4.69, 9.17) is 9.72 Å². The van der Waals surface area contributed by atoms with Crippen LogP contribution in [0, 0.1) is 0 Å². The molecule has 28 heavy (non-hydrogen) atoms. The SMILES string of the molecule is CCOc1ccc(NC(=O)CN2CCC[C@@H](c3nc4ccccc4[nH]3)C2)cc1. The number of aromatic amines is 1. The summed E-state index contributed by atoms with van der Waals surface area (Å²) < 4.78 is 5.43. The Bertz CT molecular complexity index is 902. The largest absolute Gasteiger partial charge is 0.494 e. The molecular formula is C22H26N4O2. The van der Waals surface area contributed by atoms with Gasteiger partial charge in [0.2, 0.25) is 5.91 Å². The van der Waals surface area contributed by atoms with E-state index in [9.17, 15) is 4.79 Å². The molecule has 1 fully saturated rings. The van der Waals surface area contributed by atoms with Crippen molar-refractivity contribution in [2.75, 3.05) is 31.6 Å². The number of carbonyl (C=O) groups is 1. The lowest BCUT2D eigenvalue weighted by Gasteiger charge is -2.31. The molecule has 1 aliphatic rings. The van der Waals surface area contributed by atoms with E-state index in [1.54, 1.807) is 0 Å². The van der Waals surface area contributed by atoms with Crippen LogP contribution in [0.15, 0.2) is 48.5 Å². The number of nitrogens with zero attached hydrogens (tertiary/aromatic N) is 2. The summed E-state index contributed by atoms with van der Waals surface area (Å²) in [6, 6.07) is 15.6. The molecule has 1 amide bonds. The fourth-order valence-electron chi connectivity index (χ4n) is 3.79. The number of ether oxygens (including phenoxy) is 1. The van der Waals surface area contributed by atoms with Gasteiger partial charge in [0.05, 0.1) is 24.2 Å². The first-order valence-corrected chi connectivity index (χ1v) is 9.91. The van der Waals surface area contributed by atoms with E-state index in [2.05, 4.69) is 21.3 Å². The number of benzene rings is 2. The van der Waals surface area contributed by atoms with Crippen LogP contribution in [-0.4, -0.2) is 47.0 Å². The van der Waals surface area contributed by atoms with E-state index in [0.717, 1.165) is 54.2 Å². The highest BCUT2D eigenvalue weighted by Crippen LogP contribution is 2.26. The molecular weight excluding hydrogens is 352 g/mol. The van der Waals surface area contributed by atoms with Gasteiger partial charge in [-0.3, -0.25) is 9.69 Å². The lowest BCUT2D eigenvalue weighted by Crippen LogP contribution is -2.40. The predicted octanol–water partition coefficient (Wildman–Crippen LogP) is 3.78. The van der Waals surface area contributed by atoms with E-state index >= 15 is 0 Å². The Balaban J connectivity index is 1.34. The molecule has 0 saturated carbocycles. The minimum absolute atomic E-state index is 0.00872. The summed E-state index contributed by atoms with van der Waals surface area (Å²) in [7, 11) is 0. The fourth-order valence-corrected chi connectivity index (χ4v) is 3.79. The van der Waals surface area contributed by atoms with Crippen molar-refractivity contribution in [2.24, 2.45) is 0 Å². The first-order valence-electron chi connectivity index (χ1n) is 9.91. The Morgan fingerprint density at radius 1 is 1.25 bits per heavy atom. The molecule has 0 aliphatic carbocycles. The molecule has 0 radical (unpaired) electrons. The molecule has 2 N–H and O–H groups in total. The monoisotopic (exact) mass is 378 g/mol. The maximum absolute atomic E-state index is 12.5. The van der Waals surface area contributed by atoms with Crippen LogP contribution < -0.4 is 10.1 Å². The fraction of sp³-hybridized carbons (Fsp3) is 0.364. The standard InChI is InChI=1S/C22H26N4O2/c1-2-28-18-11-9-17(10-12-18)23-21(27)15-26-13-5-6-16(14-26)22-24-19-7-3-4-8-20(19)25-22/h3-4,7-12,16H,2,5-6,13-15H2,1H3,(H,23,27)(H,24,25)/t16-/m1/s1. The highest BCUT2D eigenvalue weighted by atomic mass is 16.5. The van der Waals surface area contributed by atoms with Crippen LogP contribution in [0.5, 0.6) is 5.75 Å². The number of imidazole rings is 1. The van der Waals surface area contributed by atoms with E-state index in [-0.39, 0.29) is 5.91 Å². The maximum Gasteiger partial charge on any atom is 0.238 e. The van der Waals surface area contributed by atoms with E-state index in [0.29, 0.717) is 19.1 Å². The van der Waals surface area contributed by atoms with E-state index in [1.807, 2.05) is 49.4 Å². The van der Waals surface area contributed by atoms with Gasteiger partial charge in [0.25, 0.3) is 0 Å². The van der Waals surface area contributed by atoms with E-state index < -0.39 is 0 Å². The number of para-hydroxylation sites is 2. The van der Waals surface area contributed by atoms with Crippen molar-refractivity contribution in [3.63, 3.8) is 0 Å². The van der Waals surface area contributed by atoms with Crippen LogP contribution >= 0.6 is 0 Å². The zero-order valence-corrected chi connectivity index (χ0v) is 16.1. The second-order valence-electron chi connectivity index (χ2n) is 7.22. The number of amides is 1. The maximum atomic E-state index is 12.5. The molecule has 146 valence electrons. The molecule has 0 bridgehead atoms. The van der Waals surface area contributed by atoms with Crippen molar-refractivity contribution < 1.29 is 9.53 Å². The van der Waals surface area contributed by atoms with Crippen molar-refractivity contribution >= 4 is 22.6 Å². The van der Waals surface area contributed by atoms with Gasteiger partial charge in [0, 0.05) is 18.2 Å². The summed E-state index contributed by atoms with van der Waals surface area (Å²) in [5, 5.41) is 2.98. The average molecular weight is 378 g/mol. The first-order chi connectivity index (χ1) is 13.7. The molecule has 2 heterocycles. The number of carbonyl (C=O) groups excluding carboxylic acids is 1. The third-order valence-electron chi connectivity index (χ3n) is 5.12. The van der Waals surface area contributed by atoms with Crippen LogP contribution in [0.1, 0.15) is 31.5 Å². The number of hydrogen-bond donors (Lipinski definition) is 2. The number of nitrogens with one attached hydrogen (secondary N) is 2. The quantitative estimate of drug-likeness (QED) is 0.685. The van der Waals surface area contributed by atoms with Crippen LogP contribution in [0.4, 0.5) is 5.69 Å². The lowest BCUT2D eigenvalue weighted by molar-refractivity contribution is -0.117.